The molecule has 0 unspecified atom stereocenters. The van der Waals surface area contributed by atoms with Crippen molar-refractivity contribution in [3.05, 3.63) is 47.2 Å². The summed E-state index contributed by atoms with van der Waals surface area (Å²) >= 11 is 5.82. The standard InChI is InChI=1S/C13H13ClO2/c1-9(15)16-7-6-11-8-13(11)10-2-4-12(14)5-3-10/h2-7,11,13H,8H2,1H3/b7-6-/t11-,13-/m0/s1. The van der Waals surface area contributed by atoms with Crippen LogP contribution in [-0.2, 0) is 9.53 Å². The predicted molar refractivity (Wildman–Crippen MR) is 63.2 cm³/mol. The van der Waals surface area contributed by atoms with Gasteiger partial charge in [-0.1, -0.05) is 23.7 Å². The fraction of sp³-hybridized carbons (Fsp3) is 0.308. The average molecular weight is 237 g/mol. The molecule has 0 spiro atoms. The number of esters is 1. The van der Waals surface area contributed by atoms with Gasteiger partial charge in [-0.3, -0.25) is 4.79 Å². The summed E-state index contributed by atoms with van der Waals surface area (Å²) in [5.74, 6) is 0.754. The van der Waals surface area contributed by atoms with Gasteiger partial charge in [0.25, 0.3) is 0 Å². The zero-order valence-electron chi connectivity index (χ0n) is 9.02. The van der Waals surface area contributed by atoms with E-state index >= 15 is 0 Å². The number of carbonyl (C=O) groups excluding carboxylic acids is 1. The Kier molecular flexibility index (Phi) is 3.30. The van der Waals surface area contributed by atoms with E-state index in [4.69, 9.17) is 16.3 Å². The number of halogens is 1. The lowest BCUT2D eigenvalue weighted by Crippen LogP contribution is -1.89. The van der Waals surface area contributed by atoms with E-state index in [2.05, 4.69) is 0 Å². The van der Waals surface area contributed by atoms with Crippen molar-refractivity contribution >= 4 is 17.6 Å². The molecule has 1 aromatic rings. The van der Waals surface area contributed by atoms with Crippen molar-refractivity contribution in [1.29, 1.82) is 0 Å². The van der Waals surface area contributed by atoms with Crippen LogP contribution < -0.4 is 0 Å². The molecule has 0 aliphatic heterocycles. The van der Waals surface area contributed by atoms with Crippen molar-refractivity contribution in [2.24, 2.45) is 5.92 Å². The highest BCUT2D eigenvalue weighted by Crippen LogP contribution is 2.48. The molecule has 2 rings (SSSR count). The number of hydrogen-bond acceptors (Lipinski definition) is 2. The minimum Gasteiger partial charge on any atom is -0.435 e. The molecule has 0 amide bonds. The van der Waals surface area contributed by atoms with E-state index in [0.717, 1.165) is 11.4 Å². The maximum atomic E-state index is 10.5. The van der Waals surface area contributed by atoms with Crippen LogP contribution in [0.25, 0.3) is 0 Å². The van der Waals surface area contributed by atoms with Gasteiger partial charge in [-0.05, 0) is 42.0 Å². The van der Waals surface area contributed by atoms with Gasteiger partial charge in [0.1, 0.15) is 0 Å². The summed E-state index contributed by atoms with van der Waals surface area (Å²) in [5, 5.41) is 0.761. The van der Waals surface area contributed by atoms with E-state index in [9.17, 15) is 4.79 Å². The van der Waals surface area contributed by atoms with Crippen LogP contribution in [0, 0.1) is 5.92 Å². The lowest BCUT2D eigenvalue weighted by Gasteiger charge is -1.97. The first-order chi connectivity index (χ1) is 7.66. The maximum Gasteiger partial charge on any atom is 0.307 e. The molecule has 0 heterocycles. The van der Waals surface area contributed by atoms with Crippen LogP contribution in [0.5, 0.6) is 0 Å². The van der Waals surface area contributed by atoms with E-state index in [-0.39, 0.29) is 5.97 Å². The highest BCUT2D eigenvalue weighted by Gasteiger charge is 2.36. The molecular weight excluding hydrogens is 224 g/mol. The molecule has 3 heteroatoms. The summed E-state index contributed by atoms with van der Waals surface area (Å²) < 4.78 is 4.76. The van der Waals surface area contributed by atoms with Crippen LogP contribution in [0.3, 0.4) is 0 Å². The third-order valence-corrected chi connectivity index (χ3v) is 2.95. The monoisotopic (exact) mass is 236 g/mol. The van der Waals surface area contributed by atoms with Crippen molar-refractivity contribution < 1.29 is 9.53 Å². The first-order valence-corrected chi connectivity index (χ1v) is 5.64. The quantitative estimate of drug-likeness (QED) is 0.593. The van der Waals surface area contributed by atoms with E-state index in [1.54, 1.807) is 0 Å². The smallest absolute Gasteiger partial charge is 0.307 e. The average Bonchev–Trinajstić information content (AvgIpc) is 2.98. The SMILES string of the molecule is CC(=O)O/C=C\[C@H]1C[C@H]1c1ccc(Cl)cc1. The fourth-order valence-corrected chi connectivity index (χ4v) is 1.88. The second kappa shape index (κ2) is 4.71. The summed E-state index contributed by atoms with van der Waals surface area (Å²) in [6, 6.07) is 7.91. The number of ether oxygens (including phenoxy) is 1. The lowest BCUT2D eigenvalue weighted by atomic mass is 10.1. The molecule has 0 radical (unpaired) electrons. The maximum absolute atomic E-state index is 10.5. The highest BCUT2D eigenvalue weighted by molar-refractivity contribution is 6.30. The molecular formula is C13H13ClO2. The molecule has 2 atom stereocenters. The van der Waals surface area contributed by atoms with E-state index in [1.165, 1.54) is 18.7 Å². The Hall–Kier alpha value is -1.28. The number of carbonyl (C=O) groups is 1. The Labute approximate surface area is 99.9 Å². The van der Waals surface area contributed by atoms with Crippen molar-refractivity contribution in [3.63, 3.8) is 0 Å². The van der Waals surface area contributed by atoms with Gasteiger partial charge < -0.3 is 4.74 Å². The minimum atomic E-state index is -0.278. The van der Waals surface area contributed by atoms with Crippen LogP contribution in [0.1, 0.15) is 24.8 Å². The largest absolute Gasteiger partial charge is 0.435 e. The molecule has 1 saturated carbocycles. The third-order valence-electron chi connectivity index (χ3n) is 2.70. The van der Waals surface area contributed by atoms with Crippen LogP contribution in [0.15, 0.2) is 36.6 Å². The first-order valence-electron chi connectivity index (χ1n) is 5.26. The Balaban J connectivity index is 1.89. The fourth-order valence-electron chi connectivity index (χ4n) is 1.76. The molecule has 0 N–H and O–H groups in total. The van der Waals surface area contributed by atoms with Gasteiger partial charge in [-0.15, -0.1) is 0 Å². The number of rotatable bonds is 3. The predicted octanol–water partition coefficient (Wildman–Crippen LogP) is 3.52. The van der Waals surface area contributed by atoms with E-state index < -0.39 is 0 Å². The van der Waals surface area contributed by atoms with Crippen LogP contribution in [-0.4, -0.2) is 5.97 Å². The summed E-state index contributed by atoms with van der Waals surface area (Å²) in [7, 11) is 0. The van der Waals surface area contributed by atoms with Gasteiger partial charge in [0.15, 0.2) is 0 Å². The molecule has 0 aromatic heterocycles. The van der Waals surface area contributed by atoms with Gasteiger partial charge in [-0.25, -0.2) is 0 Å². The summed E-state index contributed by atoms with van der Waals surface area (Å²) in [6.07, 6.45) is 4.54. The minimum absolute atomic E-state index is 0.278. The van der Waals surface area contributed by atoms with Gasteiger partial charge >= 0.3 is 5.97 Å². The van der Waals surface area contributed by atoms with Gasteiger partial charge in [0, 0.05) is 11.9 Å². The van der Waals surface area contributed by atoms with E-state index in [0.29, 0.717) is 11.8 Å². The molecule has 1 fully saturated rings. The summed E-state index contributed by atoms with van der Waals surface area (Å²) in [5.41, 5.74) is 1.29. The van der Waals surface area contributed by atoms with Crippen molar-refractivity contribution in [2.45, 2.75) is 19.3 Å². The number of allylic oxidation sites excluding steroid dienone is 1. The van der Waals surface area contributed by atoms with Crippen LogP contribution in [0.2, 0.25) is 5.02 Å². The van der Waals surface area contributed by atoms with E-state index in [1.807, 2.05) is 30.3 Å². The van der Waals surface area contributed by atoms with Gasteiger partial charge in [0.2, 0.25) is 0 Å². The first kappa shape index (κ1) is 11.2. The third kappa shape index (κ3) is 2.86. The molecule has 1 aromatic carbocycles. The van der Waals surface area contributed by atoms with Gasteiger partial charge in [0.05, 0.1) is 6.26 Å². The molecule has 0 bridgehead atoms. The molecule has 16 heavy (non-hydrogen) atoms. The van der Waals surface area contributed by atoms with Crippen LogP contribution >= 0.6 is 11.6 Å². The highest BCUT2D eigenvalue weighted by atomic mass is 35.5. The zero-order valence-corrected chi connectivity index (χ0v) is 9.78. The second-order valence-electron chi connectivity index (χ2n) is 4.00. The van der Waals surface area contributed by atoms with Crippen LogP contribution in [0.4, 0.5) is 0 Å². The summed E-state index contributed by atoms with van der Waals surface area (Å²) in [6.45, 7) is 1.40. The Morgan fingerprint density at radius 1 is 1.44 bits per heavy atom. The molecule has 1 aliphatic carbocycles. The van der Waals surface area contributed by atoms with Crippen molar-refractivity contribution in [2.75, 3.05) is 0 Å². The summed E-state index contributed by atoms with van der Waals surface area (Å²) in [4.78, 5) is 10.5. The number of hydrogen-bond donors (Lipinski definition) is 0. The Bertz CT molecular complexity index is 408. The molecule has 0 saturated heterocycles. The normalized spacial score (nSPS) is 23.4. The lowest BCUT2D eigenvalue weighted by molar-refractivity contribution is -0.135. The molecule has 1 aliphatic rings. The Morgan fingerprint density at radius 3 is 2.75 bits per heavy atom. The molecule has 84 valence electrons. The van der Waals surface area contributed by atoms with Gasteiger partial charge in [-0.2, -0.15) is 0 Å². The van der Waals surface area contributed by atoms with Crippen molar-refractivity contribution in [3.8, 4) is 0 Å². The van der Waals surface area contributed by atoms with Crippen molar-refractivity contribution in [1.82, 2.24) is 0 Å². The topological polar surface area (TPSA) is 26.3 Å². The molecule has 2 nitrogen and oxygen atoms in total. The Morgan fingerprint density at radius 2 is 2.12 bits per heavy atom. The second-order valence-corrected chi connectivity index (χ2v) is 4.43. The zero-order chi connectivity index (χ0) is 11.5. The number of benzene rings is 1.